The molecule has 2 atom stereocenters. The van der Waals surface area contributed by atoms with Crippen LogP contribution in [0.5, 0.6) is 5.75 Å². The van der Waals surface area contributed by atoms with Gasteiger partial charge < -0.3 is 9.64 Å². The zero-order valence-electron chi connectivity index (χ0n) is 15.7. The number of rotatable bonds is 5. The van der Waals surface area contributed by atoms with Gasteiger partial charge in [0.1, 0.15) is 11.6 Å². The first-order valence-electron chi connectivity index (χ1n) is 9.17. The third kappa shape index (κ3) is 4.96. The quantitative estimate of drug-likeness (QED) is 0.671. The van der Waals surface area contributed by atoms with Crippen molar-refractivity contribution in [2.45, 2.75) is 17.8 Å². The van der Waals surface area contributed by atoms with Gasteiger partial charge in [-0.3, -0.25) is 4.79 Å². The number of sulfone groups is 1. The SMILES string of the molecule is O=C(COc1ccc(Cl)cc1)N=C1S[C@H]2CS(=O)(=O)C[C@@H]2N1Cc1ccc(F)cc1. The van der Waals surface area contributed by atoms with Gasteiger partial charge in [-0.1, -0.05) is 35.5 Å². The maximum absolute atomic E-state index is 13.2. The standard InChI is InChI=1S/C20H18ClFN2O4S2/c21-14-3-7-16(8-4-14)28-10-19(25)23-20-24(9-13-1-5-15(22)6-2-13)17-11-30(26,27)12-18(17)29-20/h1-8,17-18H,9-12H2/t17-,18-/m0/s1. The Bertz CT molecular complexity index is 1070. The summed E-state index contributed by atoms with van der Waals surface area (Å²) in [4.78, 5) is 18.4. The van der Waals surface area contributed by atoms with Crippen LogP contribution in [0.2, 0.25) is 5.02 Å². The Balaban J connectivity index is 1.50. The minimum absolute atomic E-state index is 0.0142. The molecule has 0 aromatic heterocycles. The molecule has 6 nitrogen and oxygen atoms in total. The number of halogens is 2. The molecule has 2 heterocycles. The lowest BCUT2D eigenvalue weighted by molar-refractivity contribution is -0.119. The summed E-state index contributed by atoms with van der Waals surface area (Å²) in [6.07, 6.45) is 0. The number of thioether (sulfide) groups is 1. The normalized spacial score (nSPS) is 23.5. The Labute approximate surface area is 183 Å². The van der Waals surface area contributed by atoms with Gasteiger partial charge in [-0.05, 0) is 42.0 Å². The van der Waals surface area contributed by atoms with Crippen LogP contribution in [-0.4, -0.2) is 53.8 Å². The van der Waals surface area contributed by atoms with Crippen LogP contribution in [0.3, 0.4) is 0 Å². The minimum atomic E-state index is -3.14. The zero-order valence-corrected chi connectivity index (χ0v) is 18.1. The summed E-state index contributed by atoms with van der Waals surface area (Å²) in [5.74, 6) is -0.256. The average molecular weight is 469 g/mol. The fraction of sp³-hybridized carbons (Fsp3) is 0.300. The second-order valence-corrected chi connectivity index (χ2v) is 10.9. The summed E-state index contributed by atoms with van der Waals surface area (Å²) in [7, 11) is -3.14. The summed E-state index contributed by atoms with van der Waals surface area (Å²) in [6.45, 7) is 0.0951. The first kappa shape index (κ1) is 21.1. The molecule has 0 N–H and O–H groups in total. The van der Waals surface area contributed by atoms with Gasteiger partial charge in [0.2, 0.25) is 0 Å². The lowest BCUT2D eigenvalue weighted by Gasteiger charge is -2.24. The van der Waals surface area contributed by atoms with Crippen molar-refractivity contribution in [3.05, 3.63) is 64.9 Å². The second-order valence-electron chi connectivity index (χ2n) is 7.09. The van der Waals surface area contributed by atoms with E-state index < -0.39 is 15.7 Å². The molecular formula is C20H18ClFN2O4S2. The van der Waals surface area contributed by atoms with Crippen LogP contribution in [0.1, 0.15) is 5.56 Å². The molecule has 158 valence electrons. The number of aliphatic imine (C=N–C) groups is 1. The summed E-state index contributed by atoms with van der Waals surface area (Å²) >= 11 is 7.12. The molecule has 2 aliphatic heterocycles. The molecule has 30 heavy (non-hydrogen) atoms. The number of carbonyl (C=O) groups excluding carboxylic acids is 1. The topological polar surface area (TPSA) is 76.0 Å². The van der Waals surface area contributed by atoms with Crippen molar-refractivity contribution in [1.29, 1.82) is 0 Å². The number of ether oxygens (including phenoxy) is 1. The van der Waals surface area contributed by atoms with Crippen LogP contribution in [0.25, 0.3) is 0 Å². The molecule has 2 aromatic rings. The van der Waals surface area contributed by atoms with E-state index in [4.69, 9.17) is 16.3 Å². The van der Waals surface area contributed by atoms with Crippen LogP contribution in [0.15, 0.2) is 53.5 Å². The van der Waals surface area contributed by atoms with Crippen LogP contribution in [-0.2, 0) is 21.2 Å². The Hall–Kier alpha value is -2.10. The number of hydrogen-bond donors (Lipinski definition) is 0. The number of nitrogens with zero attached hydrogens (tertiary/aromatic N) is 2. The largest absolute Gasteiger partial charge is 0.484 e. The third-order valence-corrected chi connectivity index (χ3v) is 8.34. The molecule has 0 spiro atoms. The van der Waals surface area contributed by atoms with E-state index in [1.807, 2.05) is 4.90 Å². The van der Waals surface area contributed by atoms with E-state index in [2.05, 4.69) is 4.99 Å². The molecule has 1 amide bonds. The lowest BCUT2D eigenvalue weighted by atomic mass is 10.1. The van der Waals surface area contributed by atoms with Crippen molar-refractivity contribution in [3.8, 4) is 5.75 Å². The number of hydrogen-bond acceptors (Lipinski definition) is 5. The highest BCUT2D eigenvalue weighted by Gasteiger charge is 2.48. The predicted molar refractivity (Wildman–Crippen MR) is 115 cm³/mol. The Morgan fingerprint density at radius 3 is 2.57 bits per heavy atom. The van der Waals surface area contributed by atoms with Gasteiger partial charge in [0.25, 0.3) is 5.91 Å². The van der Waals surface area contributed by atoms with Crippen molar-refractivity contribution in [2.75, 3.05) is 18.1 Å². The Kier molecular flexibility index (Phi) is 6.04. The predicted octanol–water partition coefficient (Wildman–Crippen LogP) is 3.16. The molecule has 2 aliphatic rings. The number of carbonyl (C=O) groups is 1. The summed E-state index contributed by atoms with van der Waals surface area (Å²) in [5, 5.41) is 0.849. The first-order chi connectivity index (χ1) is 14.3. The maximum Gasteiger partial charge on any atom is 0.285 e. The van der Waals surface area contributed by atoms with Gasteiger partial charge in [0.15, 0.2) is 21.6 Å². The van der Waals surface area contributed by atoms with E-state index in [0.29, 0.717) is 22.5 Å². The van der Waals surface area contributed by atoms with Crippen molar-refractivity contribution in [3.63, 3.8) is 0 Å². The van der Waals surface area contributed by atoms with Gasteiger partial charge in [-0.25, -0.2) is 12.8 Å². The highest BCUT2D eigenvalue weighted by atomic mass is 35.5. The molecule has 0 unspecified atom stereocenters. The fourth-order valence-corrected chi connectivity index (χ4v) is 7.52. The molecule has 10 heteroatoms. The van der Waals surface area contributed by atoms with Gasteiger partial charge >= 0.3 is 0 Å². The average Bonchev–Trinajstić information content (AvgIpc) is 3.15. The maximum atomic E-state index is 13.2. The molecule has 2 fully saturated rings. The van der Waals surface area contributed by atoms with Crippen LogP contribution in [0.4, 0.5) is 4.39 Å². The summed E-state index contributed by atoms with van der Waals surface area (Å²) in [5.41, 5.74) is 0.805. The minimum Gasteiger partial charge on any atom is -0.484 e. The van der Waals surface area contributed by atoms with E-state index in [-0.39, 0.29) is 35.2 Å². The van der Waals surface area contributed by atoms with E-state index in [9.17, 15) is 17.6 Å². The summed E-state index contributed by atoms with van der Waals surface area (Å²) < 4.78 is 42.8. The van der Waals surface area contributed by atoms with Crippen molar-refractivity contribution >= 4 is 44.3 Å². The van der Waals surface area contributed by atoms with Crippen molar-refractivity contribution in [2.24, 2.45) is 4.99 Å². The molecule has 0 radical (unpaired) electrons. The highest BCUT2D eigenvalue weighted by Crippen LogP contribution is 2.39. The monoisotopic (exact) mass is 468 g/mol. The van der Waals surface area contributed by atoms with E-state index >= 15 is 0 Å². The molecule has 4 rings (SSSR count). The number of amidine groups is 1. The zero-order chi connectivity index (χ0) is 21.3. The van der Waals surface area contributed by atoms with Crippen molar-refractivity contribution < 1.29 is 22.3 Å². The van der Waals surface area contributed by atoms with Crippen LogP contribution >= 0.6 is 23.4 Å². The van der Waals surface area contributed by atoms with E-state index in [1.54, 1.807) is 36.4 Å². The molecule has 0 aliphatic carbocycles. The number of benzene rings is 2. The van der Waals surface area contributed by atoms with E-state index in [0.717, 1.165) is 5.56 Å². The molecule has 2 saturated heterocycles. The summed E-state index contributed by atoms with van der Waals surface area (Å²) in [6, 6.07) is 12.3. The molecular weight excluding hydrogens is 451 g/mol. The van der Waals surface area contributed by atoms with Crippen molar-refractivity contribution in [1.82, 2.24) is 4.90 Å². The number of amides is 1. The van der Waals surface area contributed by atoms with Gasteiger partial charge in [0.05, 0.1) is 17.5 Å². The molecule has 0 bridgehead atoms. The lowest BCUT2D eigenvalue weighted by Crippen LogP contribution is -2.37. The van der Waals surface area contributed by atoms with Gasteiger partial charge in [-0.2, -0.15) is 4.99 Å². The fourth-order valence-electron chi connectivity index (χ4n) is 3.42. The molecule has 0 saturated carbocycles. The second kappa shape index (κ2) is 8.56. The van der Waals surface area contributed by atoms with E-state index in [1.165, 1.54) is 23.9 Å². The highest BCUT2D eigenvalue weighted by molar-refractivity contribution is 8.15. The Morgan fingerprint density at radius 2 is 1.87 bits per heavy atom. The number of fused-ring (bicyclic) bond motifs is 1. The van der Waals surface area contributed by atoms with Crippen LogP contribution in [0, 0.1) is 5.82 Å². The Morgan fingerprint density at radius 1 is 1.17 bits per heavy atom. The van der Waals surface area contributed by atoms with Gasteiger partial charge in [0, 0.05) is 16.8 Å². The van der Waals surface area contributed by atoms with Crippen LogP contribution < -0.4 is 4.74 Å². The first-order valence-corrected chi connectivity index (χ1v) is 12.2. The van der Waals surface area contributed by atoms with Gasteiger partial charge in [-0.15, -0.1) is 0 Å². The third-order valence-electron chi connectivity index (χ3n) is 4.84. The smallest absolute Gasteiger partial charge is 0.285 e. The molecule has 2 aromatic carbocycles.